The van der Waals surface area contributed by atoms with Gasteiger partial charge in [0, 0.05) is 30.6 Å². The Bertz CT molecular complexity index is 451. The van der Waals surface area contributed by atoms with Gasteiger partial charge in [0.05, 0.1) is 9.77 Å². The van der Waals surface area contributed by atoms with Crippen LogP contribution >= 0.6 is 22.6 Å². The van der Waals surface area contributed by atoms with Crippen molar-refractivity contribution >= 4 is 22.6 Å². The van der Waals surface area contributed by atoms with Gasteiger partial charge in [0.25, 0.3) is 0 Å². The summed E-state index contributed by atoms with van der Waals surface area (Å²) in [6, 6.07) is 6.12. The Morgan fingerprint density at radius 2 is 2.27 bits per heavy atom. The first-order valence-electron chi connectivity index (χ1n) is 4.84. The fourth-order valence-electron chi connectivity index (χ4n) is 1.43. The molecule has 0 N–H and O–H groups in total. The van der Waals surface area contributed by atoms with E-state index in [4.69, 9.17) is 0 Å². The molecule has 0 spiro atoms. The first-order chi connectivity index (χ1) is 7.24. The number of halogens is 1. The summed E-state index contributed by atoms with van der Waals surface area (Å²) in [6.45, 7) is 2.90. The summed E-state index contributed by atoms with van der Waals surface area (Å²) in [5.74, 6) is 0. The van der Waals surface area contributed by atoms with Crippen molar-refractivity contribution in [2.24, 2.45) is 0 Å². The lowest BCUT2D eigenvalue weighted by atomic mass is 10.2. The number of nitrogens with zero attached hydrogens (tertiary/aromatic N) is 3. The topological polar surface area (TPSA) is 30.7 Å². The number of hydrogen-bond acceptors (Lipinski definition) is 2. The third-order valence-electron chi connectivity index (χ3n) is 2.14. The molecule has 4 heteroatoms. The molecule has 2 aromatic rings. The van der Waals surface area contributed by atoms with E-state index in [-0.39, 0.29) is 0 Å². The molecule has 3 nitrogen and oxygen atoms in total. The van der Waals surface area contributed by atoms with Crippen LogP contribution in [0.15, 0.2) is 30.6 Å². The van der Waals surface area contributed by atoms with Crippen molar-refractivity contribution in [3.05, 3.63) is 45.6 Å². The number of aryl methyl sites for hydroxylation is 3. The molecule has 0 aromatic carbocycles. The molecular formula is C11H12IN3. The third kappa shape index (κ3) is 3.02. The smallest absolute Gasteiger partial charge is 0.0623 e. The van der Waals surface area contributed by atoms with E-state index in [0.717, 1.165) is 24.4 Å². The average molecular weight is 313 g/mol. The highest BCUT2D eigenvalue weighted by Gasteiger charge is 1.98. The monoisotopic (exact) mass is 313 g/mol. The maximum atomic E-state index is 4.45. The first kappa shape index (κ1) is 10.6. The molecule has 0 saturated carbocycles. The molecule has 2 rings (SSSR count). The maximum Gasteiger partial charge on any atom is 0.0623 e. The molecule has 0 aliphatic heterocycles. The van der Waals surface area contributed by atoms with Gasteiger partial charge in [-0.1, -0.05) is 6.07 Å². The molecule has 0 saturated heterocycles. The van der Waals surface area contributed by atoms with E-state index in [0.29, 0.717) is 0 Å². The zero-order chi connectivity index (χ0) is 10.7. The van der Waals surface area contributed by atoms with Crippen LogP contribution in [0.4, 0.5) is 0 Å². The Morgan fingerprint density at radius 1 is 1.40 bits per heavy atom. The van der Waals surface area contributed by atoms with E-state index >= 15 is 0 Å². The lowest BCUT2D eigenvalue weighted by molar-refractivity contribution is 0.607. The van der Waals surface area contributed by atoms with Gasteiger partial charge >= 0.3 is 0 Å². The van der Waals surface area contributed by atoms with Crippen LogP contribution in [-0.4, -0.2) is 14.8 Å². The quantitative estimate of drug-likeness (QED) is 0.815. The van der Waals surface area contributed by atoms with Crippen LogP contribution in [0.3, 0.4) is 0 Å². The minimum absolute atomic E-state index is 0.888. The second kappa shape index (κ2) is 4.74. The van der Waals surface area contributed by atoms with Crippen molar-refractivity contribution in [3.8, 4) is 0 Å². The van der Waals surface area contributed by atoms with Gasteiger partial charge in [-0.2, -0.15) is 5.10 Å². The largest absolute Gasteiger partial charge is 0.271 e. The number of hydrogen-bond donors (Lipinski definition) is 0. The van der Waals surface area contributed by atoms with Crippen LogP contribution < -0.4 is 0 Å². The lowest BCUT2D eigenvalue weighted by Crippen LogP contribution is -2.03. The summed E-state index contributed by atoms with van der Waals surface area (Å²) < 4.78 is 3.12. The molecule has 15 heavy (non-hydrogen) atoms. The van der Waals surface area contributed by atoms with Crippen molar-refractivity contribution in [1.82, 2.24) is 14.8 Å². The summed E-state index contributed by atoms with van der Waals surface area (Å²) in [6.07, 6.45) is 4.83. The summed E-state index contributed by atoms with van der Waals surface area (Å²) in [4.78, 5) is 4.45. The molecule has 0 aliphatic rings. The van der Waals surface area contributed by atoms with E-state index < -0.39 is 0 Å². The van der Waals surface area contributed by atoms with Gasteiger partial charge < -0.3 is 0 Å². The lowest BCUT2D eigenvalue weighted by Gasteiger charge is -2.02. The zero-order valence-corrected chi connectivity index (χ0v) is 10.7. The normalized spacial score (nSPS) is 10.5. The van der Waals surface area contributed by atoms with Crippen molar-refractivity contribution in [2.45, 2.75) is 19.9 Å². The van der Waals surface area contributed by atoms with E-state index in [1.807, 2.05) is 36.1 Å². The van der Waals surface area contributed by atoms with E-state index in [9.17, 15) is 0 Å². The van der Waals surface area contributed by atoms with Gasteiger partial charge in [-0.05, 0) is 41.6 Å². The predicted octanol–water partition coefficient (Wildman–Crippen LogP) is 2.43. The number of rotatable bonds is 3. The number of aromatic nitrogens is 3. The Kier molecular flexibility index (Phi) is 3.35. The molecule has 0 fully saturated rings. The summed E-state index contributed by atoms with van der Waals surface area (Å²) in [7, 11) is 0. The Morgan fingerprint density at radius 3 is 2.93 bits per heavy atom. The van der Waals surface area contributed by atoms with Crippen LogP contribution in [0, 0.1) is 10.5 Å². The SMILES string of the molecule is Cc1cccc(CCn2cc(I)cn2)n1. The molecule has 0 amide bonds. The highest BCUT2D eigenvalue weighted by atomic mass is 127. The first-order valence-corrected chi connectivity index (χ1v) is 5.92. The average Bonchev–Trinajstić information content (AvgIpc) is 2.62. The third-order valence-corrected chi connectivity index (χ3v) is 2.70. The van der Waals surface area contributed by atoms with E-state index in [1.54, 1.807) is 0 Å². The summed E-state index contributed by atoms with van der Waals surface area (Å²) >= 11 is 2.26. The van der Waals surface area contributed by atoms with Gasteiger partial charge in [-0.3, -0.25) is 9.67 Å². The fourth-order valence-corrected chi connectivity index (χ4v) is 1.87. The highest BCUT2D eigenvalue weighted by molar-refractivity contribution is 14.1. The van der Waals surface area contributed by atoms with Gasteiger partial charge in [0.1, 0.15) is 0 Å². The molecule has 0 bridgehead atoms. The van der Waals surface area contributed by atoms with Crippen molar-refractivity contribution in [2.75, 3.05) is 0 Å². The Hall–Kier alpha value is -0.910. The molecule has 0 atom stereocenters. The highest BCUT2D eigenvalue weighted by Crippen LogP contribution is 2.04. The minimum atomic E-state index is 0.888. The van der Waals surface area contributed by atoms with Crippen LogP contribution in [0.2, 0.25) is 0 Å². The van der Waals surface area contributed by atoms with Crippen LogP contribution in [0.1, 0.15) is 11.4 Å². The predicted molar refractivity (Wildman–Crippen MR) is 67.6 cm³/mol. The van der Waals surface area contributed by atoms with E-state index in [2.05, 4.69) is 38.7 Å². The molecule has 2 aromatic heterocycles. The maximum absolute atomic E-state index is 4.45. The standard InChI is InChI=1S/C11H12IN3/c1-9-3-2-4-11(14-9)5-6-15-8-10(12)7-13-15/h2-4,7-8H,5-6H2,1H3. The molecule has 78 valence electrons. The van der Waals surface area contributed by atoms with Crippen LogP contribution in [0.5, 0.6) is 0 Å². The van der Waals surface area contributed by atoms with Gasteiger partial charge in [-0.25, -0.2) is 0 Å². The fraction of sp³-hybridized carbons (Fsp3) is 0.273. The minimum Gasteiger partial charge on any atom is -0.271 e. The summed E-state index contributed by atoms with van der Waals surface area (Å²) in [5.41, 5.74) is 2.20. The molecular weight excluding hydrogens is 301 g/mol. The molecule has 0 radical (unpaired) electrons. The Balaban J connectivity index is 1.99. The molecule has 0 aliphatic carbocycles. The summed E-state index contributed by atoms with van der Waals surface area (Å²) in [5, 5.41) is 4.23. The van der Waals surface area contributed by atoms with Crippen LogP contribution in [-0.2, 0) is 13.0 Å². The van der Waals surface area contributed by atoms with Crippen molar-refractivity contribution in [1.29, 1.82) is 0 Å². The van der Waals surface area contributed by atoms with Crippen molar-refractivity contribution < 1.29 is 0 Å². The van der Waals surface area contributed by atoms with E-state index in [1.165, 1.54) is 3.57 Å². The second-order valence-electron chi connectivity index (χ2n) is 3.44. The molecule has 0 unspecified atom stereocenters. The van der Waals surface area contributed by atoms with Gasteiger partial charge in [-0.15, -0.1) is 0 Å². The van der Waals surface area contributed by atoms with Crippen molar-refractivity contribution in [3.63, 3.8) is 0 Å². The van der Waals surface area contributed by atoms with Gasteiger partial charge in [0.2, 0.25) is 0 Å². The number of pyridine rings is 1. The second-order valence-corrected chi connectivity index (χ2v) is 4.69. The van der Waals surface area contributed by atoms with Gasteiger partial charge in [0.15, 0.2) is 0 Å². The zero-order valence-electron chi connectivity index (χ0n) is 8.52. The molecule has 2 heterocycles. The Labute approximate surface area is 103 Å². The van der Waals surface area contributed by atoms with Crippen LogP contribution in [0.25, 0.3) is 0 Å².